The van der Waals surface area contributed by atoms with Crippen LogP contribution in [-0.2, 0) is 14.4 Å². The van der Waals surface area contributed by atoms with E-state index in [-0.39, 0.29) is 5.92 Å². The Morgan fingerprint density at radius 2 is 1.60 bits per heavy atom. The lowest BCUT2D eigenvalue weighted by Crippen LogP contribution is -2.53. The van der Waals surface area contributed by atoms with E-state index in [0.29, 0.717) is 6.42 Å². The van der Waals surface area contributed by atoms with E-state index < -0.39 is 42.9 Å². The van der Waals surface area contributed by atoms with Crippen molar-refractivity contribution in [1.82, 2.24) is 10.2 Å². The van der Waals surface area contributed by atoms with Crippen LogP contribution in [0.3, 0.4) is 0 Å². The normalized spacial score (nSPS) is 13.1. The average molecular weight is 288 g/mol. The molecule has 0 saturated heterocycles. The van der Waals surface area contributed by atoms with Gasteiger partial charge in [-0.15, -0.1) is 0 Å². The lowest BCUT2D eigenvalue weighted by molar-refractivity contribution is -0.140. The van der Waals surface area contributed by atoms with Crippen molar-refractivity contribution in [3.8, 4) is 0 Å². The molecule has 4 amide bonds. The van der Waals surface area contributed by atoms with Crippen LogP contribution in [0.2, 0.25) is 0 Å². The predicted octanol–water partition coefficient (Wildman–Crippen LogP) is -1.53. The molecule has 0 spiro atoms. The monoisotopic (exact) mass is 288 g/mol. The summed E-state index contributed by atoms with van der Waals surface area (Å²) in [6.45, 7) is 2.38. The third-order valence-corrected chi connectivity index (χ3v) is 2.74. The zero-order chi connectivity index (χ0) is 15.9. The molecule has 0 aromatic rings. The van der Waals surface area contributed by atoms with Gasteiger partial charge in [0.1, 0.15) is 19.1 Å². The van der Waals surface area contributed by atoms with E-state index in [1.165, 1.54) is 0 Å². The van der Waals surface area contributed by atoms with Crippen molar-refractivity contribution in [2.75, 3.05) is 13.1 Å². The zero-order valence-electron chi connectivity index (χ0n) is 11.5. The standard InChI is InChI=1S/C11H20N4O5/c1-3-6(2)9(10(18)19)14-11(20)15(4-7(12)16)5-8(13)17/h6,9H,3-5H2,1-2H3,(H2,12,16)(H2,13,17)(H,14,20)(H,18,19)/t6-,9-/m0/s1. The minimum Gasteiger partial charge on any atom is -0.480 e. The molecule has 114 valence electrons. The summed E-state index contributed by atoms with van der Waals surface area (Å²) in [5, 5.41) is 11.3. The molecule has 9 nitrogen and oxygen atoms in total. The number of rotatable bonds is 8. The molecule has 0 heterocycles. The van der Waals surface area contributed by atoms with Crippen LogP contribution < -0.4 is 16.8 Å². The van der Waals surface area contributed by atoms with Gasteiger partial charge in [0.15, 0.2) is 0 Å². The van der Waals surface area contributed by atoms with Crippen molar-refractivity contribution < 1.29 is 24.3 Å². The van der Waals surface area contributed by atoms with Gasteiger partial charge in [0.2, 0.25) is 11.8 Å². The highest BCUT2D eigenvalue weighted by molar-refractivity contribution is 5.89. The van der Waals surface area contributed by atoms with E-state index in [4.69, 9.17) is 16.6 Å². The first-order valence-corrected chi connectivity index (χ1v) is 6.03. The Morgan fingerprint density at radius 3 is 1.90 bits per heavy atom. The number of carboxylic acids is 1. The molecule has 9 heteroatoms. The Hall–Kier alpha value is -2.32. The third kappa shape index (κ3) is 6.03. The second-order valence-corrected chi connectivity index (χ2v) is 4.44. The maximum atomic E-state index is 11.9. The molecule has 0 fully saturated rings. The van der Waals surface area contributed by atoms with Crippen LogP contribution in [0.1, 0.15) is 20.3 Å². The van der Waals surface area contributed by atoms with Gasteiger partial charge in [0, 0.05) is 0 Å². The van der Waals surface area contributed by atoms with Crippen LogP contribution >= 0.6 is 0 Å². The highest BCUT2D eigenvalue weighted by Crippen LogP contribution is 2.08. The number of nitrogens with one attached hydrogen (secondary N) is 1. The first-order chi connectivity index (χ1) is 9.18. The van der Waals surface area contributed by atoms with Gasteiger partial charge in [0.25, 0.3) is 0 Å². The Kier molecular flexibility index (Phi) is 7.05. The first-order valence-electron chi connectivity index (χ1n) is 6.03. The van der Waals surface area contributed by atoms with Gasteiger partial charge in [-0.25, -0.2) is 9.59 Å². The Bertz CT molecular complexity index is 382. The van der Waals surface area contributed by atoms with Gasteiger partial charge in [-0.05, 0) is 5.92 Å². The second kappa shape index (κ2) is 7.97. The van der Waals surface area contributed by atoms with Crippen molar-refractivity contribution in [3.63, 3.8) is 0 Å². The van der Waals surface area contributed by atoms with E-state index in [9.17, 15) is 19.2 Å². The largest absolute Gasteiger partial charge is 0.480 e. The molecule has 0 aliphatic heterocycles. The summed E-state index contributed by atoms with van der Waals surface area (Å²) in [5.74, 6) is -3.19. The van der Waals surface area contributed by atoms with Gasteiger partial charge in [-0.1, -0.05) is 20.3 Å². The van der Waals surface area contributed by atoms with Crippen LogP contribution in [0, 0.1) is 5.92 Å². The van der Waals surface area contributed by atoms with Crippen LogP contribution in [0.5, 0.6) is 0 Å². The number of hydrogen-bond acceptors (Lipinski definition) is 4. The molecule has 0 unspecified atom stereocenters. The molecule has 0 radical (unpaired) electrons. The smallest absolute Gasteiger partial charge is 0.326 e. The van der Waals surface area contributed by atoms with E-state index in [0.717, 1.165) is 4.90 Å². The molecule has 6 N–H and O–H groups in total. The van der Waals surface area contributed by atoms with Crippen molar-refractivity contribution in [1.29, 1.82) is 0 Å². The van der Waals surface area contributed by atoms with Crippen LogP contribution in [-0.4, -0.2) is 53.0 Å². The summed E-state index contributed by atoms with van der Waals surface area (Å²) >= 11 is 0. The van der Waals surface area contributed by atoms with E-state index in [1.807, 2.05) is 0 Å². The van der Waals surface area contributed by atoms with Gasteiger partial charge < -0.3 is 26.8 Å². The fraction of sp³-hybridized carbons (Fsp3) is 0.636. The lowest BCUT2D eigenvalue weighted by atomic mass is 9.99. The molecular formula is C11H20N4O5. The fourth-order valence-corrected chi connectivity index (χ4v) is 1.48. The van der Waals surface area contributed by atoms with E-state index in [1.54, 1.807) is 13.8 Å². The highest BCUT2D eigenvalue weighted by Gasteiger charge is 2.28. The Balaban J connectivity index is 4.91. The summed E-state index contributed by atoms with van der Waals surface area (Å²) in [6, 6.07) is -2.01. The van der Waals surface area contributed by atoms with E-state index in [2.05, 4.69) is 5.32 Å². The molecule has 0 aliphatic rings. The summed E-state index contributed by atoms with van der Waals surface area (Å²) < 4.78 is 0. The number of hydrogen-bond donors (Lipinski definition) is 4. The second-order valence-electron chi connectivity index (χ2n) is 4.44. The average Bonchev–Trinajstić information content (AvgIpc) is 2.32. The zero-order valence-corrected chi connectivity index (χ0v) is 11.5. The summed E-state index contributed by atoms with van der Waals surface area (Å²) in [7, 11) is 0. The number of primary amides is 2. The van der Waals surface area contributed by atoms with Gasteiger partial charge in [-0.3, -0.25) is 9.59 Å². The summed E-state index contributed by atoms with van der Waals surface area (Å²) in [4.78, 5) is 45.4. The molecular weight excluding hydrogens is 268 g/mol. The van der Waals surface area contributed by atoms with Gasteiger partial charge in [-0.2, -0.15) is 0 Å². The number of nitrogens with zero attached hydrogens (tertiary/aromatic N) is 1. The van der Waals surface area contributed by atoms with Gasteiger partial charge >= 0.3 is 12.0 Å². The molecule has 0 aromatic carbocycles. The first kappa shape index (κ1) is 17.7. The predicted molar refractivity (Wildman–Crippen MR) is 69.4 cm³/mol. The Labute approximate surface area is 116 Å². The number of nitrogens with two attached hydrogens (primary N) is 2. The molecule has 0 saturated carbocycles. The number of carbonyl (C=O) groups is 4. The van der Waals surface area contributed by atoms with Crippen molar-refractivity contribution in [2.24, 2.45) is 17.4 Å². The molecule has 0 aliphatic carbocycles. The number of carbonyl (C=O) groups excluding carboxylic acids is 3. The van der Waals surface area contributed by atoms with Gasteiger partial charge in [0.05, 0.1) is 0 Å². The van der Waals surface area contributed by atoms with Crippen molar-refractivity contribution in [3.05, 3.63) is 0 Å². The fourth-order valence-electron chi connectivity index (χ4n) is 1.48. The van der Waals surface area contributed by atoms with Crippen molar-refractivity contribution >= 4 is 23.8 Å². The quantitative estimate of drug-likeness (QED) is 0.426. The molecule has 2 atom stereocenters. The SMILES string of the molecule is CC[C@H](C)[C@H](NC(=O)N(CC(N)=O)CC(N)=O)C(=O)O. The topological polar surface area (TPSA) is 156 Å². The number of urea groups is 1. The highest BCUT2D eigenvalue weighted by atomic mass is 16.4. The lowest BCUT2D eigenvalue weighted by Gasteiger charge is -2.25. The van der Waals surface area contributed by atoms with E-state index >= 15 is 0 Å². The van der Waals surface area contributed by atoms with Crippen LogP contribution in [0.4, 0.5) is 4.79 Å². The minimum absolute atomic E-state index is 0.319. The maximum absolute atomic E-state index is 11.9. The van der Waals surface area contributed by atoms with Crippen LogP contribution in [0.25, 0.3) is 0 Å². The summed E-state index contributed by atoms with van der Waals surface area (Å²) in [5.41, 5.74) is 9.91. The molecule has 0 aromatic heterocycles. The molecule has 0 bridgehead atoms. The molecule has 20 heavy (non-hydrogen) atoms. The Morgan fingerprint density at radius 1 is 1.15 bits per heavy atom. The number of aliphatic carboxylic acids is 1. The third-order valence-electron chi connectivity index (χ3n) is 2.74. The van der Waals surface area contributed by atoms with Crippen molar-refractivity contribution in [2.45, 2.75) is 26.3 Å². The number of carboxylic acid groups (broad SMARTS) is 1. The molecule has 0 rings (SSSR count). The number of amides is 4. The maximum Gasteiger partial charge on any atom is 0.326 e. The minimum atomic E-state index is -1.20. The summed E-state index contributed by atoms with van der Waals surface area (Å²) in [6.07, 6.45) is 0.531. The van der Waals surface area contributed by atoms with Crippen LogP contribution in [0.15, 0.2) is 0 Å².